The monoisotopic (exact) mass is 464 g/mol. The molecular weight excluding hydrogens is 424 g/mol. The van der Waals surface area contributed by atoms with Crippen LogP contribution in [-0.2, 0) is 7.05 Å². The minimum Gasteiger partial charge on any atom is -0.382 e. The van der Waals surface area contributed by atoms with Crippen LogP contribution in [0.3, 0.4) is 0 Å². The molecule has 0 aliphatic rings. The van der Waals surface area contributed by atoms with Crippen LogP contribution >= 0.6 is 0 Å². The molecule has 1 atom stereocenters. The second kappa shape index (κ2) is 13.1. The largest absolute Gasteiger partial charge is 0.382 e. The Hall–Kier alpha value is -3.78. The van der Waals surface area contributed by atoms with Gasteiger partial charge in [0.25, 0.3) is 0 Å². The average molecular weight is 465 g/mol. The summed E-state index contributed by atoms with van der Waals surface area (Å²) in [7, 11) is 1.90. The van der Waals surface area contributed by atoms with Crippen molar-refractivity contribution in [1.82, 2.24) is 30.0 Å². The second-order valence-corrected chi connectivity index (χ2v) is 8.20. The molecule has 4 aromatic rings. The van der Waals surface area contributed by atoms with E-state index in [1.165, 1.54) is 5.56 Å². The number of anilines is 2. The summed E-state index contributed by atoms with van der Waals surface area (Å²) < 4.78 is 1.78. The Morgan fingerprint density at radius 2 is 1.85 bits per heavy atom. The molecular formula is C26H40N8. The summed E-state index contributed by atoms with van der Waals surface area (Å²) in [4.78, 5) is 12.5. The number of aryl methyl sites for hydroxylation is 2. The molecule has 0 spiro atoms. The molecule has 0 saturated carbocycles. The number of nitrogens with two attached hydrogens (primary N) is 1. The third kappa shape index (κ3) is 7.97. The normalized spacial score (nSPS) is 11.4. The molecule has 34 heavy (non-hydrogen) atoms. The van der Waals surface area contributed by atoms with Crippen molar-refractivity contribution in [2.45, 2.75) is 26.2 Å². The number of hydrogen-bond donors (Lipinski definition) is 3. The lowest BCUT2D eigenvalue weighted by atomic mass is 10.0. The van der Waals surface area contributed by atoms with Crippen LogP contribution in [0.25, 0.3) is 11.1 Å². The first kappa shape index (κ1) is 24.9. The molecule has 0 fully saturated rings. The van der Waals surface area contributed by atoms with E-state index in [4.69, 9.17) is 5.73 Å². The topological polar surface area (TPSA) is 107 Å². The van der Waals surface area contributed by atoms with Gasteiger partial charge in [-0.2, -0.15) is 5.10 Å². The Morgan fingerprint density at radius 3 is 2.47 bits per heavy atom. The van der Waals surface area contributed by atoms with E-state index in [0.29, 0.717) is 11.7 Å². The number of pyridine rings is 3. The zero-order chi connectivity index (χ0) is 24.2. The zero-order valence-electron chi connectivity index (χ0n) is 20.1. The van der Waals surface area contributed by atoms with E-state index in [0.717, 1.165) is 48.6 Å². The van der Waals surface area contributed by atoms with Gasteiger partial charge < -0.3 is 16.4 Å². The maximum Gasteiger partial charge on any atom is 0.146 e. The number of rotatable bonds is 9. The molecule has 4 rings (SSSR count). The first-order chi connectivity index (χ1) is 16.5. The minimum atomic E-state index is 0. The van der Waals surface area contributed by atoms with E-state index in [1.54, 1.807) is 23.3 Å². The molecule has 4 heterocycles. The van der Waals surface area contributed by atoms with Gasteiger partial charge in [-0.25, -0.2) is 4.98 Å². The van der Waals surface area contributed by atoms with Gasteiger partial charge in [-0.1, -0.05) is 19.1 Å². The Balaban J connectivity index is 0.00000127. The summed E-state index contributed by atoms with van der Waals surface area (Å²) in [6.45, 7) is 6.93. The lowest BCUT2D eigenvalue weighted by Crippen LogP contribution is -2.23. The number of nitrogens with one attached hydrogen (secondary N) is 2. The van der Waals surface area contributed by atoms with Gasteiger partial charge >= 0.3 is 0 Å². The first-order valence-corrected chi connectivity index (χ1v) is 11.5. The van der Waals surface area contributed by atoms with Crippen LogP contribution in [-0.4, -0.2) is 44.4 Å². The van der Waals surface area contributed by atoms with Crippen molar-refractivity contribution in [3.05, 3.63) is 84.8 Å². The van der Waals surface area contributed by atoms with Gasteiger partial charge in [-0.3, -0.25) is 14.6 Å². The molecule has 4 aromatic heterocycles. The second-order valence-electron chi connectivity index (χ2n) is 8.20. The maximum absolute atomic E-state index is 6.01. The van der Waals surface area contributed by atoms with Gasteiger partial charge in [0, 0.05) is 72.2 Å². The smallest absolute Gasteiger partial charge is 0.146 e. The van der Waals surface area contributed by atoms with Crippen LogP contribution in [0.2, 0.25) is 0 Å². The third-order valence-corrected chi connectivity index (χ3v) is 5.32. The molecule has 0 radical (unpaired) electrons. The average Bonchev–Trinajstić information content (AvgIpc) is 3.30. The Kier molecular flexibility index (Phi) is 9.54. The number of nitrogens with zero attached hydrogens (tertiary/aromatic N) is 5. The Morgan fingerprint density at radius 1 is 1.03 bits per heavy atom. The highest BCUT2D eigenvalue weighted by atomic mass is 15.2. The Labute approximate surface area is 206 Å². The fourth-order valence-corrected chi connectivity index (χ4v) is 3.30. The highest BCUT2D eigenvalue weighted by Crippen LogP contribution is 2.24. The van der Waals surface area contributed by atoms with Crippen molar-refractivity contribution in [3.63, 3.8) is 0 Å². The predicted molar refractivity (Wildman–Crippen MR) is 145 cm³/mol. The van der Waals surface area contributed by atoms with Gasteiger partial charge in [0.15, 0.2) is 0 Å². The van der Waals surface area contributed by atoms with Crippen molar-refractivity contribution in [2.24, 2.45) is 7.05 Å². The van der Waals surface area contributed by atoms with Crippen molar-refractivity contribution >= 4 is 11.5 Å². The molecule has 0 aliphatic heterocycles. The fourth-order valence-electron chi connectivity index (χ4n) is 3.30. The quantitative estimate of drug-likeness (QED) is 0.306. The fraction of sp³-hybridized carbons (Fsp3) is 0.308. The van der Waals surface area contributed by atoms with Crippen molar-refractivity contribution in [2.75, 3.05) is 30.7 Å². The summed E-state index contributed by atoms with van der Waals surface area (Å²) in [5, 5.41) is 11.1. The van der Waals surface area contributed by atoms with Crippen molar-refractivity contribution < 1.29 is 4.28 Å². The molecule has 1 unspecified atom stereocenters. The number of aromatic nitrogens is 5. The van der Waals surface area contributed by atoms with Gasteiger partial charge in [0.1, 0.15) is 5.82 Å². The predicted octanol–water partition coefficient (Wildman–Crippen LogP) is 4.78. The lowest BCUT2D eigenvalue weighted by molar-refractivity contribution is 0.602. The summed E-state index contributed by atoms with van der Waals surface area (Å²) in [6, 6.07) is 12.0. The summed E-state index contributed by atoms with van der Waals surface area (Å²) in [5.41, 5.74) is 11.2. The maximum atomic E-state index is 6.01. The number of hydrogen-bond acceptors (Lipinski definition) is 7. The molecule has 184 valence electrons. The van der Waals surface area contributed by atoms with Crippen molar-refractivity contribution in [1.29, 1.82) is 0 Å². The van der Waals surface area contributed by atoms with E-state index in [9.17, 15) is 0 Å². The van der Waals surface area contributed by atoms with Crippen LogP contribution < -0.4 is 16.4 Å². The van der Waals surface area contributed by atoms with E-state index in [2.05, 4.69) is 49.7 Å². The molecule has 0 bridgehead atoms. The molecule has 8 heteroatoms. The van der Waals surface area contributed by atoms with Crippen molar-refractivity contribution in [3.8, 4) is 11.1 Å². The zero-order valence-corrected chi connectivity index (χ0v) is 20.1. The van der Waals surface area contributed by atoms with Crippen LogP contribution in [0.5, 0.6) is 0 Å². The first-order valence-electron chi connectivity index (χ1n) is 11.5. The van der Waals surface area contributed by atoms with E-state index in [1.807, 2.05) is 56.8 Å². The SMILES string of the molecule is Cc1ccc(C(C)CNCCCNc2cc(-c3cnn(C)c3)cnc2N)cn1.[HH].[HH].[HH].c1ccncc1. The highest BCUT2D eigenvalue weighted by molar-refractivity contribution is 5.72. The van der Waals surface area contributed by atoms with E-state index < -0.39 is 0 Å². The molecule has 8 nitrogen and oxygen atoms in total. The molecule has 0 saturated heterocycles. The van der Waals surface area contributed by atoms with Gasteiger partial charge in [-0.05, 0) is 55.6 Å². The Bertz CT molecular complexity index is 1100. The highest BCUT2D eigenvalue weighted by Gasteiger charge is 2.07. The molecule has 0 amide bonds. The van der Waals surface area contributed by atoms with Crippen LogP contribution in [0.1, 0.15) is 34.8 Å². The lowest BCUT2D eigenvalue weighted by Gasteiger charge is -2.14. The van der Waals surface area contributed by atoms with Gasteiger partial charge in [-0.15, -0.1) is 0 Å². The van der Waals surface area contributed by atoms with Gasteiger partial charge in [0.05, 0.1) is 11.9 Å². The molecule has 0 aliphatic carbocycles. The standard InChI is InChI=1S/C21H29N7.C5H5N.3H2/c1-15(17-6-5-16(2)25-11-17)10-23-7-4-8-24-20-9-18(12-26-21(20)22)19-13-27-28(3)14-19;1-2-4-6-5-3-1;;;/h5-6,9,11-15,23-24H,4,7-8,10H2,1-3H3,(H2,22,26);1-5H;3*1H. The molecule has 4 N–H and O–H groups in total. The minimum absolute atomic E-state index is 0. The number of nitrogen functional groups attached to an aromatic ring is 1. The van der Waals surface area contributed by atoms with Crippen LogP contribution in [0.4, 0.5) is 11.5 Å². The summed E-state index contributed by atoms with van der Waals surface area (Å²) >= 11 is 0. The summed E-state index contributed by atoms with van der Waals surface area (Å²) in [5.74, 6) is 0.957. The molecule has 0 aromatic carbocycles. The summed E-state index contributed by atoms with van der Waals surface area (Å²) in [6.07, 6.45) is 12.0. The van der Waals surface area contributed by atoms with Crippen LogP contribution in [0.15, 0.2) is 73.6 Å². The van der Waals surface area contributed by atoms with E-state index in [-0.39, 0.29) is 4.28 Å². The van der Waals surface area contributed by atoms with E-state index >= 15 is 0 Å². The van der Waals surface area contributed by atoms with Crippen LogP contribution in [0, 0.1) is 6.92 Å². The van der Waals surface area contributed by atoms with Gasteiger partial charge in [0.2, 0.25) is 0 Å². The third-order valence-electron chi connectivity index (χ3n) is 5.32.